The third kappa shape index (κ3) is 5.29. The Labute approximate surface area is 218 Å². The lowest BCUT2D eigenvalue weighted by atomic mass is 9.99. The van der Waals surface area contributed by atoms with Crippen LogP contribution in [0.25, 0.3) is 11.0 Å². The number of aryl methyl sites for hydroxylation is 1. The molecule has 1 aromatic heterocycles. The third-order valence-corrected chi connectivity index (χ3v) is 7.89. The minimum Gasteiger partial charge on any atom is -0.380 e. The molecule has 2 aliphatic rings. The number of nitrogens with one attached hydrogen (secondary N) is 1. The van der Waals surface area contributed by atoms with Crippen molar-refractivity contribution >= 4 is 34.2 Å². The highest BCUT2D eigenvalue weighted by atomic mass is 35.5. The van der Waals surface area contributed by atoms with Gasteiger partial charge in [0.15, 0.2) is 0 Å². The largest absolute Gasteiger partial charge is 0.416 e. The van der Waals surface area contributed by atoms with E-state index in [2.05, 4.69) is 22.1 Å². The van der Waals surface area contributed by atoms with Crippen LogP contribution in [0.15, 0.2) is 30.3 Å². The van der Waals surface area contributed by atoms with Crippen molar-refractivity contribution in [2.75, 3.05) is 18.0 Å². The van der Waals surface area contributed by atoms with Crippen molar-refractivity contribution in [2.45, 2.75) is 57.3 Å². The highest BCUT2D eigenvalue weighted by molar-refractivity contribution is 6.34. The molecule has 1 aliphatic carbocycles. The van der Waals surface area contributed by atoms with Gasteiger partial charge in [-0.25, -0.2) is 4.98 Å². The standard InChI is InChI=1S/C27H30ClF3N4O2/c1-16-5-9-35(10-6-16)22-14-23-21(13-20(22)28)33-24(34(23)2)12-18-11-17(3-4-19(18)27(29,30)31)15-32-25(36)26(37)7-8-26/h3-4,11,13-14,16,37H,5-10,12,15H2,1-2H3,(H,32,36). The van der Waals surface area contributed by atoms with Crippen LogP contribution in [-0.4, -0.2) is 39.3 Å². The van der Waals surface area contributed by atoms with E-state index in [4.69, 9.17) is 11.6 Å². The highest BCUT2D eigenvalue weighted by Crippen LogP contribution is 2.37. The van der Waals surface area contributed by atoms with Crippen molar-refractivity contribution in [1.82, 2.24) is 14.9 Å². The molecule has 0 unspecified atom stereocenters. The number of rotatable bonds is 6. The Kier molecular flexibility index (Phi) is 6.64. The Morgan fingerprint density at radius 2 is 1.92 bits per heavy atom. The van der Waals surface area contributed by atoms with E-state index in [0.29, 0.717) is 40.7 Å². The Morgan fingerprint density at radius 1 is 1.22 bits per heavy atom. The maximum absolute atomic E-state index is 13.9. The van der Waals surface area contributed by atoms with Gasteiger partial charge in [0, 0.05) is 33.1 Å². The molecule has 6 nitrogen and oxygen atoms in total. The van der Waals surface area contributed by atoms with Gasteiger partial charge in [-0.05, 0) is 60.9 Å². The van der Waals surface area contributed by atoms with Crippen molar-refractivity contribution in [3.05, 3.63) is 57.9 Å². The molecule has 3 aromatic rings. The molecule has 0 spiro atoms. The van der Waals surface area contributed by atoms with Gasteiger partial charge >= 0.3 is 6.18 Å². The van der Waals surface area contributed by atoms with E-state index in [1.165, 1.54) is 12.1 Å². The molecular weight excluding hydrogens is 505 g/mol. The Hall–Kier alpha value is -2.78. The molecule has 198 valence electrons. The molecule has 0 bridgehead atoms. The zero-order chi connectivity index (χ0) is 26.5. The van der Waals surface area contributed by atoms with E-state index in [-0.39, 0.29) is 18.5 Å². The lowest BCUT2D eigenvalue weighted by Gasteiger charge is -2.32. The van der Waals surface area contributed by atoms with Gasteiger partial charge in [-0.15, -0.1) is 0 Å². The number of nitrogens with zero attached hydrogens (tertiary/aromatic N) is 3. The number of halogens is 4. The average Bonchev–Trinajstić information content (AvgIpc) is 3.53. The monoisotopic (exact) mass is 534 g/mol. The molecule has 2 heterocycles. The van der Waals surface area contributed by atoms with E-state index in [9.17, 15) is 23.1 Å². The Bertz CT molecular complexity index is 1340. The number of anilines is 1. The molecule has 37 heavy (non-hydrogen) atoms. The van der Waals surface area contributed by atoms with Gasteiger partial charge in [-0.3, -0.25) is 4.79 Å². The van der Waals surface area contributed by atoms with E-state index in [0.717, 1.165) is 43.2 Å². The summed E-state index contributed by atoms with van der Waals surface area (Å²) in [5.74, 6) is 0.655. The molecule has 1 saturated heterocycles. The minimum absolute atomic E-state index is 0.0300. The molecule has 2 aromatic carbocycles. The number of alkyl halides is 3. The van der Waals surface area contributed by atoms with Crippen LogP contribution >= 0.6 is 11.6 Å². The number of hydrogen-bond donors (Lipinski definition) is 2. The van der Waals surface area contributed by atoms with E-state index in [1.54, 1.807) is 13.1 Å². The minimum atomic E-state index is -4.53. The van der Waals surface area contributed by atoms with Gasteiger partial charge in [0.2, 0.25) is 0 Å². The molecule has 5 rings (SSSR count). The summed E-state index contributed by atoms with van der Waals surface area (Å²) in [6.07, 6.45) is -1.62. The van der Waals surface area contributed by atoms with Crippen LogP contribution in [0.4, 0.5) is 18.9 Å². The number of benzene rings is 2. The first-order valence-corrected chi connectivity index (χ1v) is 12.9. The second kappa shape index (κ2) is 9.51. The number of fused-ring (bicyclic) bond motifs is 1. The summed E-state index contributed by atoms with van der Waals surface area (Å²) in [6, 6.07) is 7.60. The zero-order valence-electron chi connectivity index (χ0n) is 20.8. The topological polar surface area (TPSA) is 70.4 Å². The third-order valence-electron chi connectivity index (χ3n) is 7.59. The smallest absolute Gasteiger partial charge is 0.380 e. The van der Waals surface area contributed by atoms with Crippen LogP contribution in [0.1, 0.15) is 55.1 Å². The first-order chi connectivity index (χ1) is 17.4. The normalized spacial score (nSPS) is 17.9. The highest BCUT2D eigenvalue weighted by Gasteiger charge is 2.47. The van der Waals surface area contributed by atoms with Crippen LogP contribution in [0.3, 0.4) is 0 Å². The average molecular weight is 535 g/mol. The number of piperidine rings is 1. The fraction of sp³-hybridized carbons (Fsp3) is 0.481. The lowest BCUT2D eigenvalue weighted by molar-refractivity contribution is -0.138. The summed E-state index contributed by atoms with van der Waals surface area (Å²) in [5, 5.41) is 13.1. The van der Waals surface area contributed by atoms with Crippen molar-refractivity contribution in [3.8, 4) is 0 Å². The summed E-state index contributed by atoms with van der Waals surface area (Å²) in [4.78, 5) is 18.9. The second-order valence-corrected chi connectivity index (χ2v) is 10.8. The Morgan fingerprint density at radius 3 is 2.57 bits per heavy atom. The number of amides is 1. The van der Waals surface area contributed by atoms with Crippen LogP contribution in [-0.2, 0) is 31.0 Å². The summed E-state index contributed by atoms with van der Waals surface area (Å²) in [5.41, 5.74) is 0.865. The molecule has 1 saturated carbocycles. The van der Waals surface area contributed by atoms with Crippen LogP contribution in [0.2, 0.25) is 5.02 Å². The van der Waals surface area contributed by atoms with Gasteiger partial charge in [-0.2, -0.15) is 13.2 Å². The number of aliphatic hydroxyl groups is 1. The fourth-order valence-electron chi connectivity index (χ4n) is 4.94. The van der Waals surface area contributed by atoms with Gasteiger partial charge in [-0.1, -0.05) is 30.7 Å². The number of imidazole rings is 1. The summed E-state index contributed by atoms with van der Waals surface area (Å²) < 4.78 is 43.4. The number of hydrogen-bond acceptors (Lipinski definition) is 4. The lowest BCUT2D eigenvalue weighted by Crippen LogP contribution is -2.35. The molecule has 1 aliphatic heterocycles. The number of carbonyl (C=O) groups excluding carboxylic acids is 1. The van der Waals surface area contributed by atoms with Gasteiger partial charge in [0.25, 0.3) is 5.91 Å². The van der Waals surface area contributed by atoms with Gasteiger partial charge in [0.1, 0.15) is 11.4 Å². The summed E-state index contributed by atoms with van der Waals surface area (Å²) in [6.45, 7) is 4.09. The Balaban J connectivity index is 1.44. The van der Waals surface area contributed by atoms with E-state index in [1.807, 2.05) is 10.6 Å². The van der Waals surface area contributed by atoms with Gasteiger partial charge in [0.05, 0.1) is 27.3 Å². The van der Waals surface area contributed by atoms with Crippen LogP contribution < -0.4 is 10.2 Å². The van der Waals surface area contributed by atoms with E-state index >= 15 is 0 Å². The van der Waals surface area contributed by atoms with Crippen molar-refractivity contribution in [1.29, 1.82) is 0 Å². The number of aromatic nitrogens is 2. The first kappa shape index (κ1) is 25.9. The van der Waals surface area contributed by atoms with E-state index < -0.39 is 23.2 Å². The molecule has 0 radical (unpaired) electrons. The predicted octanol–water partition coefficient (Wildman–Crippen LogP) is 5.21. The molecule has 0 atom stereocenters. The molecule has 10 heteroatoms. The predicted molar refractivity (Wildman–Crippen MR) is 137 cm³/mol. The quantitative estimate of drug-likeness (QED) is 0.455. The molecular formula is C27H30ClF3N4O2. The van der Waals surface area contributed by atoms with Crippen molar-refractivity contribution in [2.24, 2.45) is 13.0 Å². The fourth-order valence-corrected chi connectivity index (χ4v) is 5.22. The van der Waals surface area contributed by atoms with Crippen molar-refractivity contribution < 1.29 is 23.1 Å². The van der Waals surface area contributed by atoms with Gasteiger partial charge < -0.3 is 19.9 Å². The second-order valence-electron chi connectivity index (χ2n) is 10.4. The van der Waals surface area contributed by atoms with Crippen LogP contribution in [0.5, 0.6) is 0 Å². The molecule has 2 N–H and O–H groups in total. The van der Waals surface area contributed by atoms with Crippen molar-refractivity contribution in [3.63, 3.8) is 0 Å². The molecule has 1 amide bonds. The first-order valence-electron chi connectivity index (χ1n) is 12.5. The molecule has 2 fully saturated rings. The zero-order valence-corrected chi connectivity index (χ0v) is 21.6. The summed E-state index contributed by atoms with van der Waals surface area (Å²) in [7, 11) is 1.80. The summed E-state index contributed by atoms with van der Waals surface area (Å²) >= 11 is 6.61. The van der Waals surface area contributed by atoms with Crippen LogP contribution in [0, 0.1) is 5.92 Å². The SMILES string of the molecule is CC1CCN(c2cc3c(cc2Cl)nc(Cc2cc(CNC(=O)C4(O)CC4)ccc2C(F)(F)F)n3C)CC1. The number of carbonyl (C=O) groups is 1. The maximum atomic E-state index is 13.9. The maximum Gasteiger partial charge on any atom is 0.416 e.